The molecule has 0 radical (unpaired) electrons. The van der Waals surface area contributed by atoms with Gasteiger partial charge < -0.3 is 5.11 Å². The summed E-state index contributed by atoms with van der Waals surface area (Å²) >= 11 is 0. The predicted octanol–water partition coefficient (Wildman–Crippen LogP) is 5.92. The van der Waals surface area contributed by atoms with E-state index in [0.717, 1.165) is 38.5 Å². The van der Waals surface area contributed by atoms with Crippen molar-refractivity contribution in [3.63, 3.8) is 0 Å². The molecule has 1 aliphatic rings. The lowest BCUT2D eigenvalue weighted by atomic mass is 10.1. The molecule has 1 atom stereocenters. The summed E-state index contributed by atoms with van der Waals surface area (Å²) in [5.74, 6) is 0.338. The fourth-order valence-corrected chi connectivity index (χ4v) is 2.69. The first-order valence-electron chi connectivity index (χ1n) is 9.50. The fourth-order valence-electron chi connectivity index (χ4n) is 2.69. The standard InChI is InChI=1S/C13H22O.C7H14O2/c1-2-3-4-5-6-7-8-12-9-10-13(14)11-12;1-2-3-4-5-6-7(8)9/h7-8,12H,2-6,9-11H2,1H3;2-6H2,1H3,(H,8,9)/b8-7+;/t12-;/m0./s1. The maximum absolute atomic E-state index is 11.0. The fraction of sp³-hybridized carbons (Fsp3) is 0.800. The van der Waals surface area contributed by atoms with E-state index in [1.807, 2.05) is 0 Å². The summed E-state index contributed by atoms with van der Waals surface area (Å²) in [5.41, 5.74) is 0. The van der Waals surface area contributed by atoms with Crippen LogP contribution in [0.4, 0.5) is 0 Å². The number of ketones is 1. The molecular weight excluding hydrogens is 288 g/mol. The zero-order valence-corrected chi connectivity index (χ0v) is 15.2. The normalized spacial score (nSPS) is 17.3. The van der Waals surface area contributed by atoms with Crippen LogP contribution in [0, 0.1) is 5.92 Å². The van der Waals surface area contributed by atoms with Crippen LogP contribution in [0.2, 0.25) is 0 Å². The van der Waals surface area contributed by atoms with Crippen LogP contribution in [0.15, 0.2) is 12.2 Å². The molecule has 1 fully saturated rings. The lowest BCUT2D eigenvalue weighted by molar-refractivity contribution is -0.137. The van der Waals surface area contributed by atoms with Crippen LogP contribution in [-0.2, 0) is 9.59 Å². The molecule has 1 N–H and O–H groups in total. The van der Waals surface area contributed by atoms with Crippen molar-refractivity contribution in [2.75, 3.05) is 0 Å². The largest absolute Gasteiger partial charge is 0.481 e. The lowest BCUT2D eigenvalue weighted by Gasteiger charge is -1.99. The Hall–Kier alpha value is -1.12. The van der Waals surface area contributed by atoms with Crippen LogP contribution < -0.4 is 0 Å². The van der Waals surface area contributed by atoms with E-state index in [1.165, 1.54) is 38.5 Å². The first kappa shape index (κ1) is 21.9. The molecule has 3 nitrogen and oxygen atoms in total. The molecule has 23 heavy (non-hydrogen) atoms. The number of carboxylic acids is 1. The first-order chi connectivity index (χ1) is 11.1. The third-order valence-electron chi connectivity index (χ3n) is 4.16. The smallest absolute Gasteiger partial charge is 0.303 e. The van der Waals surface area contributed by atoms with Crippen LogP contribution in [-0.4, -0.2) is 16.9 Å². The van der Waals surface area contributed by atoms with Crippen LogP contribution in [0.5, 0.6) is 0 Å². The number of carboxylic acid groups (broad SMARTS) is 1. The molecule has 0 aliphatic heterocycles. The van der Waals surface area contributed by atoms with Gasteiger partial charge in [0.25, 0.3) is 0 Å². The lowest BCUT2D eigenvalue weighted by Crippen LogP contribution is -1.92. The van der Waals surface area contributed by atoms with Crippen molar-refractivity contribution in [1.29, 1.82) is 0 Å². The van der Waals surface area contributed by atoms with Crippen LogP contribution in [0.3, 0.4) is 0 Å². The Bertz CT molecular complexity index is 334. The van der Waals surface area contributed by atoms with E-state index in [9.17, 15) is 9.59 Å². The van der Waals surface area contributed by atoms with Gasteiger partial charge in [-0.15, -0.1) is 0 Å². The quantitative estimate of drug-likeness (QED) is 0.379. The minimum absolute atomic E-state index is 0.333. The van der Waals surface area contributed by atoms with Gasteiger partial charge in [0.05, 0.1) is 0 Å². The summed E-state index contributed by atoms with van der Waals surface area (Å²) in [5, 5.41) is 8.21. The van der Waals surface area contributed by atoms with Crippen molar-refractivity contribution < 1.29 is 14.7 Å². The van der Waals surface area contributed by atoms with Crippen molar-refractivity contribution in [2.24, 2.45) is 5.92 Å². The van der Waals surface area contributed by atoms with Gasteiger partial charge >= 0.3 is 5.97 Å². The molecule has 0 saturated heterocycles. The van der Waals surface area contributed by atoms with E-state index in [0.29, 0.717) is 18.1 Å². The third kappa shape index (κ3) is 15.5. The van der Waals surface area contributed by atoms with Gasteiger partial charge in [-0.2, -0.15) is 0 Å². The van der Waals surface area contributed by atoms with Crippen molar-refractivity contribution in [2.45, 2.75) is 97.3 Å². The molecule has 0 aromatic heterocycles. The molecule has 0 spiro atoms. The predicted molar refractivity (Wildman–Crippen MR) is 96.6 cm³/mol. The van der Waals surface area contributed by atoms with E-state index in [4.69, 9.17) is 5.11 Å². The molecule has 134 valence electrons. The topological polar surface area (TPSA) is 54.4 Å². The Morgan fingerprint density at radius 2 is 1.74 bits per heavy atom. The molecule has 0 unspecified atom stereocenters. The highest BCUT2D eigenvalue weighted by molar-refractivity contribution is 5.80. The van der Waals surface area contributed by atoms with Crippen molar-refractivity contribution in [3.05, 3.63) is 12.2 Å². The average molecular weight is 325 g/mol. The van der Waals surface area contributed by atoms with Gasteiger partial charge in [-0.1, -0.05) is 64.5 Å². The zero-order chi connectivity index (χ0) is 17.3. The van der Waals surface area contributed by atoms with E-state index in [1.54, 1.807) is 0 Å². The molecule has 1 aliphatic carbocycles. The summed E-state index contributed by atoms with van der Waals surface area (Å²) in [4.78, 5) is 21.0. The minimum Gasteiger partial charge on any atom is -0.481 e. The highest BCUT2D eigenvalue weighted by Crippen LogP contribution is 2.23. The van der Waals surface area contributed by atoms with Gasteiger partial charge in [0.15, 0.2) is 0 Å². The molecule has 1 rings (SSSR count). The number of hydrogen-bond acceptors (Lipinski definition) is 2. The molecule has 0 bridgehead atoms. The second-order valence-corrected chi connectivity index (χ2v) is 6.52. The Kier molecular flexibility index (Phi) is 15.0. The molecule has 0 aromatic rings. The molecule has 0 heterocycles. The summed E-state index contributed by atoms with van der Waals surface area (Å²) in [6, 6.07) is 0. The third-order valence-corrected chi connectivity index (χ3v) is 4.16. The van der Waals surface area contributed by atoms with Gasteiger partial charge in [-0.3, -0.25) is 9.59 Å². The number of allylic oxidation sites excluding steroid dienone is 2. The van der Waals surface area contributed by atoms with Crippen molar-refractivity contribution >= 4 is 11.8 Å². The highest BCUT2D eigenvalue weighted by atomic mass is 16.4. The Balaban J connectivity index is 0.000000468. The molecule has 1 saturated carbocycles. The van der Waals surface area contributed by atoms with E-state index in [2.05, 4.69) is 26.0 Å². The van der Waals surface area contributed by atoms with Crippen LogP contribution in [0.1, 0.15) is 97.3 Å². The number of carbonyl (C=O) groups excluding carboxylic acids is 1. The molecule has 0 aromatic carbocycles. The maximum atomic E-state index is 11.0. The second kappa shape index (κ2) is 15.8. The molecule has 0 amide bonds. The van der Waals surface area contributed by atoms with E-state index in [-0.39, 0.29) is 0 Å². The summed E-state index contributed by atoms with van der Waals surface area (Å²) < 4.78 is 0. The summed E-state index contributed by atoms with van der Waals surface area (Å²) in [6.07, 6.45) is 18.3. The average Bonchev–Trinajstić information content (AvgIpc) is 2.93. The Labute approximate surface area is 142 Å². The summed E-state index contributed by atoms with van der Waals surface area (Å²) in [6.45, 7) is 4.35. The first-order valence-corrected chi connectivity index (χ1v) is 9.50. The van der Waals surface area contributed by atoms with E-state index >= 15 is 0 Å². The number of rotatable bonds is 11. The second-order valence-electron chi connectivity index (χ2n) is 6.52. The Morgan fingerprint density at radius 3 is 2.26 bits per heavy atom. The molecular formula is C20H36O3. The van der Waals surface area contributed by atoms with Gasteiger partial charge in [-0.05, 0) is 31.6 Å². The number of hydrogen-bond donors (Lipinski definition) is 1. The zero-order valence-electron chi connectivity index (χ0n) is 15.2. The van der Waals surface area contributed by atoms with E-state index < -0.39 is 5.97 Å². The monoisotopic (exact) mass is 324 g/mol. The molecule has 3 heteroatoms. The van der Waals surface area contributed by atoms with Crippen molar-refractivity contribution in [1.82, 2.24) is 0 Å². The van der Waals surface area contributed by atoms with Crippen molar-refractivity contribution in [3.8, 4) is 0 Å². The van der Waals surface area contributed by atoms with Gasteiger partial charge in [0.2, 0.25) is 0 Å². The van der Waals surface area contributed by atoms with Crippen LogP contribution in [0.25, 0.3) is 0 Å². The van der Waals surface area contributed by atoms with Crippen LogP contribution >= 0.6 is 0 Å². The summed E-state index contributed by atoms with van der Waals surface area (Å²) in [7, 11) is 0. The SMILES string of the molecule is CCCCCC/C=C/[C@H]1CCC(=O)C1.CCCCCCC(=O)O. The maximum Gasteiger partial charge on any atom is 0.303 e. The number of unbranched alkanes of at least 4 members (excludes halogenated alkanes) is 7. The van der Waals surface area contributed by atoms with Gasteiger partial charge in [0.1, 0.15) is 5.78 Å². The van der Waals surface area contributed by atoms with Gasteiger partial charge in [0, 0.05) is 19.3 Å². The minimum atomic E-state index is -0.675. The highest BCUT2D eigenvalue weighted by Gasteiger charge is 2.18. The number of aliphatic carboxylic acids is 1. The van der Waals surface area contributed by atoms with Gasteiger partial charge in [-0.25, -0.2) is 0 Å². The number of Topliss-reactive ketones (excluding diaryl/α,β-unsaturated/α-hetero) is 1. The Morgan fingerprint density at radius 1 is 1.09 bits per heavy atom. The number of carbonyl (C=O) groups is 2.